The van der Waals surface area contributed by atoms with Gasteiger partial charge in [0, 0.05) is 25.1 Å². The first kappa shape index (κ1) is 14.8. The molecule has 0 aliphatic carbocycles. The van der Waals surface area contributed by atoms with E-state index in [9.17, 15) is 0 Å². The Hall–Kier alpha value is -1.14. The zero-order valence-electron chi connectivity index (χ0n) is 12.6. The lowest BCUT2D eigenvalue weighted by atomic mass is 10.0. The predicted molar refractivity (Wildman–Crippen MR) is 80.0 cm³/mol. The van der Waals surface area contributed by atoms with Crippen molar-refractivity contribution in [3.05, 3.63) is 29.3 Å². The summed E-state index contributed by atoms with van der Waals surface area (Å²) in [4.78, 5) is 2.40. The lowest BCUT2D eigenvalue weighted by Gasteiger charge is -2.38. The van der Waals surface area contributed by atoms with Gasteiger partial charge in [0.25, 0.3) is 0 Å². The zero-order valence-corrected chi connectivity index (χ0v) is 12.6. The van der Waals surface area contributed by atoms with Crippen molar-refractivity contribution in [1.82, 2.24) is 4.90 Å². The van der Waals surface area contributed by atoms with Gasteiger partial charge in [0.1, 0.15) is 5.75 Å². The van der Waals surface area contributed by atoms with Gasteiger partial charge in [-0.1, -0.05) is 6.07 Å². The van der Waals surface area contributed by atoms with Crippen molar-refractivity contribution in [1.29, 1.82) is 0 Å². The van der Waals surface area contributed by atoms with Gasteiger partial charge >= 0.3 is 0 Å². The topological polar surface area (TPSA) is 57.0 Å². The quantitative estimate of drug-likeness (QED) is 0.911. The highest BCUT2D eigenvalue weighted by molar-refractivity contribution is 5.37. The summed E-state index contributed by atoms with van der Waals surface area (Å²) in [5, 5.41) is 0. The van der Waals surface area contributed by atoms with Crippen LogP contribution in [0, 0.1) is 0 Å². The number of nitrogens with zero attached hydrogens (tertiary/aromatic N) is 1. The number of hydrogen-bond acceptors (Lipinski definition) is 5. The predicted octanol–water partition coefficient (Wildman–Crippen LogP) is 1.49. The second kappa shape index (κ2) is 6.32. The first-order valence-electron chi connectivity index (χ1n) is 7.61. The maximum absolute atomic E-state index is 5.83. The summed E-state index contributed by atoms with van der Waals surface area (Å²) in [6.45, 7) is 4.75. The minimum Gasteiger partial charge on any atom is -0.496 e. The third kappa shape index (κ3) is 3.21. The highest BCUT2D eigenvalue weighted by Crippen LogP contribution is 2.31. The maximum Gasteiger partial charge on any atom is 0.181 e. The maximum atomic E-state index is 5.83. The van der Waals surface area contributed by atoms with Crippen LogP contribution in [0.2, 0.25) is 0 Å². The van der Waals surface area contributed by atoms with Crippen LogP contribution in [0.15, 0.2) is 18.2 Å². The Bertz CT molecular complexity index is 486. The van der Waals surface area contributed by atoms with Gasteiger partial charge in [-0.05, 0) is 30.7 Å². The van der Waals surface area contributed by atoms with Crippen molar-refractivity contribution >= 4 is 0 Å². The first-order valence-corrected chi connectivity index (χ1v) is 7.61. The summed E-state index contributed by atoms with van der Waals surface area (Å²) in [6, 6.07) is 6.24. The first-order chi connectivity index (χ1) is 10.2. The third-order valence-corrected chi connectivity index (χ3v) is 4.28. The summed E-state index contributed by atoms with van der Waals surface area (Å²) in [7, 11) is 1.68. The highest BCUT2D eigenvalue weighted by atomic mass is 16.7. The molecular formula is C16H24N2O3. The average molecular weight is 292 g/mol. The molecule has 0 bridgehead atoms. The highest BCUT2D eigenvalue weighted by Gasteiger charge is 2.40. The Morgan fingerprint density at radius 1 is 1.33 bits per heavy atom. The smallest absolute Gasteiger partial charge is 0.181 e. The van der Waals surface area contributed by atoms with E-state index in [0.29, 0.717) is 19.8 Å². The number of rotatable bonds is 4. The Kier molecular flexibility index (Phi) is 4.45. The molecule has 0 saturated carbocycles. The zero-order chi connectivity index (χ0) is 14.7. The van der Waals surface area contributed by atoms with Crippen LogP contribution >= 0.6 is 0 Å². The number of nitrogens with two attached hydrogens (primary N) is 1. The van der Waals surface area contributed by atoms with Crippen molar-refractivity contribution in [2.45, 2.75) is 31.7 Å². The van der Waals surface area contributed by atoms with Gasteiger partial charge in [0.15, 0.2) is 5.79 Å². The second-order valence-electron chi connectivity index (χ2n) is 5.77. The van der Waals surface area contributed by atoms with Crippen molar-refractivity contribution in [3.63, 3.8) is 0 Å². The van der Waals surface area contributed by atoms with Gasteiger partial charge in [0.05, 0.1) is 26.9 Å². The number of piperidine rings is 1. The van der Waals surface area contributed by atoms with Crippen LogP contribution in [0.1, 0.15) is 24.0 Å². The van der Waals surface area contributed by atoms with Crippen LogP contribution in [-0.4, -0.2) is 44.1 Å². The van der Waals surface area contributed by atoms with Gasteiger partial charge in [-0.15, -0.1) is 0 Å². The van der Waals surface area contributed by atoms with E-state index in [1.807, 2.05) is 6.07 Å². The molecule has 2 fully saturated rings. The van der Waals surface area contributed by atoms with Crippen LogP contribution in [0.3, 0.4) is 0 Å². The summed E-state index contributed by atoms with van der Waals surface area (Å²) >= 11 is 0. The number of ether oxygens (including phenoxy) is 3. The normalized spacial score (nSPS) is 21.8. The van der Waals surface area contributed by atoms with E-state index in [1.54, 1.807) is 7.11 Å². The minimum atomic E-state index is -0.360. The van der Waals surface area contributed by atoms with E-state index in [0.717, 1.165) is 43.8 Å². The number of likely N-dealkylation sites (tertiary alicyclic amines) is 1. The van der Waals surface area contributed by atoms with Gasteiger partial charge in [-0.2, -0.15) is 0 Å². The molecule has 1 spiro atoms. The molecule has 2 aliphatic rings. The van der Waals surface area contributed by atoms with Gasteiger partial charge < -0.3 is 19.9 Å². The molecule has 1 aromatic rings. The van der Waals surface area contributed by atoms with E-state index in [2.05, 4.69) is 17.0 Å². The Balaban J connectivity index is 1.68. The van der Waals surface area contributed by atoms with E-state index in [4.69, 9.17) is 19.9 Å². The molecule has 1 aromatic carbocycles. The van der Waals surface area contributed by atoms with Crippen LogP contribution in [0.25, 0.3) is 0 Å². The molecule has 5 heteroatoms. The largest absolute Gasteiger partial charge is 0.496 e. The number of methoxy groups -OCH3 is 1. The summed E-state index contributed by atoms with van der Waals surface area (Å²) in [5.41, 5.74) is 8.10. The molecule has 5 nitrogen and oxygen atoms in total. The Labute approximate surface area is 126 Å². The molecule has 0 radical (unpaired) electrons. The molecule has 0 atom stereocenters. The molecule has 2 saturated heterocycles. The molecule has 2 aliphatic heterocycles. The molecule has 0 amide bonds. The third-order valence-electron chi connectivity index (χ3n) is 4.28. The van der Waals surface area contributed by atoms with E-state index in [1.165, 1.54) is 5.56 Å². The lowest BCUT2D eigenvalue weighted by Crippen LogP contribution is -2.48. The molecule has 116 valence electrons. The number of benzene rings is 1. The molecule has 21 heavy (non-hydrogen) atoms. The van der Waals surface area contributed by atoms with Crippen LogP contribution in [0.4, 0.5) is 0 Å². The summed E-state index contributed by atoms with van der Waals surface area (Å²) in [6.07, 6.45) is 2.11. The van der Waals surface area contributed by atoms with E-state index >= 15 is 0 Å². The van der Waals surface area contributed by atoms with Crippen molar-refractivity contribution < 1.29 is 14.2 Å². The average Bonchev–Trinajstić information content (AvgIpc) is 2.95. The summed E-state index contributed by atoms with van der Waals surface area (Å²) in [5.74, 6) is 0.500. The standard InChI is InChI=1S/C16H24N2O3/c1-19-15-4-3-13(9-14(15)10-17)11-18-6-2-5-16(12-18)20-7-8-21-16/h3-4,9H,2,5-8,10-12,17H2,1H3. The molecule has 0 aromatic heterocycles. The van der Waals surface area contributed by atoms with Crippen LogP contribution in [-0.2, 0) is 22.6 Å². The molecule has 2 N–H and O–H groups in total. The Morgan fingerprint density at radius 3 is 2.86 bits per heavy atom. The van der Waals surface area contributed by atoms with Crippen molar-refractivity contribution in [2.24, 2.45) is 5.73 Å². The Morgan fingerprint density at radius 2 is 2.14 bits per heavy atom. The SMILES string of the molecule is COc1ccc(CN2CCCC3(C2)OCCO3)cc1CN. The molecular weight excluding hydrogens is 268 g/mol. The second-order valence-corrected chi connectivity index (χ2v) is 5.77. The fourth-order valence-corrected chi connectivity index (χ4v) is 3.29. The molecule has 0 unspecified atom stereocenters. The van der Waals surface area contributed by atoms with Crippen LogP contribution < -0.4 is 10.5 Å². The minimum absolute atomic E-state index is 0.360. The molecule has 2 heterocycles. The van der Waals surface area contributed by atoms with Gasteiger partial charge in [-0.3, -0.25) is 4.90 Å². The van der Waals surface area contributed by atoms with E-state index < -0.39 is 0 Å². The van der Waals surface area contributed by atoms with Crippen molar-refractivity contribution in [2.75, 3.05) is 33.4 Å². The van der Waals surface area contributed by atoms with E-state index in [-0.39, 0.29) is 5.79 Å². The fourth-order valence-electron chi connectivity index (χ4n) is 3.29. The lowest BCUT2D eigenvalue weighted by molar-refractivity contribution is -0.190. The van der Waals surface area contributed by atoms with Gasteiger partial charge in [-0.25, -0.2) is 0 Å². The molecule has 3 rings (SSSR count). The summed E-state index contributed by atoms with van der Waals surface area (Å²) < 4.78 is 17.0. The van der Waals surface area contributed by atoms with Crippen LogP contribution in [0.5, 0.6) is 5.75 Å². The number of hydrogen-bond donors (Lipinski definition) is 1. The van der Waals surface area contributed by atoms with Gasteiger partial charge in [0.2, 0.25) is 0 Å². The fraction of sp³-hybridized carbons (Fsp3) is 0.625. The monoisotopic (exact) mass is 292 g/mol. The van der Waals surface area contributed by atoms with Crippen molar-refractivity contribution in [3.8, 4) is 5.75 Å².